The first-order chi connectivity index (χ1) is 9.33. The van der Waals surface area contributed by atoms with Crippen LogP contribution in [0.1, 0.15) is 39.5 Å². The number of hydrogen-bond acceptors (Lipinski definition) is 2. The van der Waals surface area contributed by atoms with Crippen molar-refractivity contribution in [3.8, 4) is 5.69 Å². The van der Waals surface area contributed by atoms with Crippen molar-refractivity contribution in [2.45, 2.75) is 45.6 Å². The van der Waals surface area contributed by atoms with Gasteiger partial charge in [0.25, 0.3) is 0 Å². The molecule has 0 saturated heterocycles. The number of hydrogen-bond donors (Lipinski definition) is 1. The summed E-state index contributed by atoms with van der Waals surface area (Å²) in [6.45, 7) is 4.48. The van der Waals surface area contributed by atoms with Crippen LogP contribution in [-0.2, 0) is 0 Å². The summed E-state index contributed by atoms with van der Waals surface area (Å²) in [6, 6.07) is 11.0. The van der Waals surface area contributed by atoms with Gasteiger partial charge in [-0.25, -0.2) is 4.68 Å². The monoisotopic (exact) mass is 257 g/mol. The predicted octanol–water partition coefficient (Wildman–Crippen LogP) is 4.25. The lowest BCUT2D eigenvalue weighted by Crippen LogP contribution is -2.18. The van der Waals surface area contributed by atoms with Crippen molar-refractivity contribution < 1.29 is 0 Å². The molecule has 1 heterocycles. The second-order valence-electron chi connectivity index (χ2n) is 4.92. The summed E-state index contributed by atoms with van der Waals surface area (Å²) in [4.78, 5) is 0. The van der Waals surface area contributed by atoms with E-state index in [0.29, 0.717) is 6.04 Å². The Morgan fingerprint density at radius 2 is 1.79 bits per heavy atom. The third-order valence-corrected chi connectivity index (χ3v) is 3.28. The molecule has 0 amide bonds. The van der Waals surface area contributed by atoms with E-state index in [4.69, 9.17) is 0 Å². The zero-order valence-corrected chi connectivity index (χ0v) is 11.8. The Balaban J connectivity index is 2.01. The van der Waals surface area contributed by atoms with E-state index in [1.54, 1.807) is 6.20 Å². The van der Waals surface area contributed by atoms with E-state index < -0.39 is 0 Å². The van der Waals surface area contributed by atoms with Crippen LogP contribution in [0.25, 0.3) is 5.69 Å². The molecule has 1 aromatic heterocycles. The molecule has 3 heteroatoms. The molecular formula is C16H23N3. The minimum atomic E-state index is 0.588. The van der Waals surface area contributed by atoms with E-state index in [1.165, 1.54) is 31.4 Å². The molecule has 1 aromatic carbocycles. The molecule has 0 aliphatic carbocycles. The van der Waals surface area contributed by atoms with Crippen molar-refractivity contribution in [2.24, 2.45) is 0 Å². The first kappa shape index (κ1) is 13.7. The Morgan fingerprint density at radius 3 is 2.32 bits per heavy atom. The van der Waals surface area contributed by atoms with Crippen molar-refractivity contribution in [2.75, 3.05) is 5.32 Å². The minimum absolute atomic E-state index is 0.588. The molecule has 19 heavy (non-hydrogen) atoms. The van der Waals surface area contributed by atoms with Crippen LogP contribution in [0.5, 0.6) is 0 Å². The van der Waals surface area contributed by atoms with E-state index in [9.17, 15) is 0 Å². The molecule has 102 valence electrons. The van der Waals surface area contributed by atoms with E-state index >= 15 is 0 Å². The van der Waals surface area contributed by atoms with Crippen LogP contribution in [0.4, 0.5) is 5.69 Å². The topological polar surface area (TPSA) is 29.9 Å². The average molecular weight is 257 g/mol. The smallest absolute Gasteiger partial charge is 0.0647 e. The Morgan fingerprint density at radius 1 is 1.11 bits per heavy atom. The van der Waals surface area contributed by atoms with Crippen LogP contribution in [-0.4, -0.2) is 15.8 Å². The lowest BCUT2D eigenvalue weighted by molar-refractivity contribution is 0.586. The first-order valence-corrected chi connectivity index (χ1v) is 7.20. The van der Waals surface area contributed by atoms with Gasteiger partial charge >= 0.3 is 0 Å². The molecule has 3 nitrogen and oxygen atoms in total. The molecule has 0 saturated carbocycles. The van der Waals surface area contributed by atoms with Crippen LogP contribution in [0.3, 0.4) is 0 Å². The quantitative estimate of drug-likeness (QED) is 0.803. The van der Waals surface area contributed by atoms with E-state index in [1.807, 2.05) is 16.9 Å². The lowest BCUT2D eigenvalue weighted by Gasteiger charge is -2.18. The Labute approximate surface area is 115 Å². The lowest BCUT2D eigenvalue weighted by atomic mass is 10.1. The summed E-state index contributed by atoms with van der Waals surface area (Å²) in [5.74, 6) is 0. The molecule has 0 bridgehead atoms. The number of nitrogens with zero attached hydrogens (tertiary/aromatic N) is 2. The van der Waals surface area contributed by atoms with Gasteiger partial charge in [-0.2, -0.15) is 5.10 Å². The summed E-state index contributed by atoms with van der Waals surface area (Å²) in [5.41, 5.74) is 2.29. The summed E-state index contributed by atoms with van der Waals surface area (Å²) < 4.78 is 1.87. The summed E-state index contributed by atoms with van der Waals surface area (Å²) in [7, 11) is 0. The number of aromatic nitrogens is 2. The van der Waals surface area contributed by atoms with Gasteiger partial charge in [0.1, 0.15) is 0 Å². The van der Waals surface area contributed by atoms with E-state index in [2.05, 4.69) is 48.5 Å². The molecule has 0 spiro atoms. The highest BCUT2D eigenvalue weighted by molar-refractivity contribution is 5.49. The predicted molar refractivity (Wildman–Crippen MR) is 80.8 cm³/mol. The Hall–Kier alpha value is -1.77. The van der Waals surface area contributed by atoms with Gasteiger partial charge in [-0.15, -0.1) is 0 Å². The number of nitrogens with one attached hydrogen (secondary N) is 1. The molecule has 0 aliphatic heterocycles. The van der Waals surface area contributed by atoms with Gasteiger partial charge in [-0.3, -0.25) is 0 Å². The molecule has 2 rings (SSSR count). The standard InChI is InChI=1S/C16H23N3/c1-3-6-14(7-4-2)18-15-8-10-16(11-9-15)19-13-5-12-17-19/h5,8-14,18H,3-4,6-7H2,1-2H3. The van der Waals surface area contributed by atoms with Crippen LogP contribution < -0.4 is 5.32 Å². The van der Waals surface area contributed by atoms with Gasteiger partial charge in [0.2, 0.25) is 0 Å². The maximum absolute atomic E-state index is 4.23. The average Bonchev–Trinajstić information content (AvgIpc) is 2.94. The molecule has 2 aromatic rings. The van der Waals surface area contributed by atoms with Crippen LogP contribution >= 0.6 is 0 Å². The van der Waals surface area contributed by atoms with Crippen molar-refractivity contribution in [1.29, 1.82) is 0 Å². The van der Waals surface area contributed by atoms with Crippen molar-refractivity contribution in [1.82, 2.24) is 9.78 Å². The van der Waals surface area contributed by atoms with Crippen LogP contribution in [0, 0.1) is 0 Å². The van der Waals surface area contributed by atoms with Gasteiger partial charge in [0.15, 0.2) is 0 Å². The van der Waals surface area contributed by atoms with Gasteiger partial charge in [-0.05, 0) is 43.2 Å². The molecule has 0 radical (unpaired) electrons. The van der Waals surface area contributed by atoms with E-state index in [-0.39, 0.29) is 0 Å². The fourth-order valence-corrected chi connectivity index (χ4v) is 2.35. The molecule has 0 aliphatic rings. The minimum Gasteiger partial charge on any atom is -0.382 e. The first-order valence-electron chi connectivity index (χ1n) is 7.20. The van der Waals surface area contributed by atoms with Gasteiger partial charge in [0.05, 0.1) is 5.69 Å². The number of anilines is 1. The van der Waals surface area contributed by atoms with Gasteiger partial charge < -0.3 is 5.32 Å². The van der Waals surface area contributed by atoms with Crippen molar-refractivity contribution in [3.63, 3.8) is 0 Å². The largest absolute Gasteiger partial charge is 0.382 e. The molecule has 0 fully saturated rings. The Bertz CT molecular complexity index is 453. The fraction of sp³-hybridized carbons (Fsp3) is 0.438. The molecular weight excluding hydrogens is 234 g/mol. The van der Waals surface area contributed by atoms with Crippen molar-refractivity contribution in [3.05, 3.63) is 42.7 Å². The highest BCUT2D eigenvalue weighted by atomic mass is 15.3. The zero-order chi connectivity index (χ0) is 13.5. The second kappa shape index (κ2) is 6.98. The summed E-state index contributed by atoms with van der Waals surface area (Å²) in [5, 5.41) is 7.86. The third-order valence-electron chi connectivity index (χ3n) is 3.28. The third kappa shape index (κ3) is 3.85. The fourth-order valence-electron chi connectivity index (χ4n) is 2.35. The zero-order valence-electron chi connectivity index (χ0n) is 11.8. The van der Waals surface area contributed by atoms with Crippen molar-refractivity contribution >= 4 is 5.69 Å². The summed E-state index contributed by atoms with van der Waals surface area (Å²) in [6.07, 6.45) is 8.67. The molecule has 0 unspecified atom stereocenters. The Kier molecular flexibility index (Phi) is 5.01. The van der Waals surface area contributed by atoms with Gasteiger partial charge in [0, 0.05) is 24.1 Å². The highest BCUT2D eigenvalue weighted by Gasteiger charge is 2.06. The maximum Gasteiger partial charge on any atom is 0.0647 e. The molecule has 0 atom stereocenters. The van der Waals surface area contributed by atoms with Gasteiger partial charge in [-0.1, -0.05) is 26.7 Å². The van der Waals surface area contributed by atoms with E-state index in [0.717, 1.165) is 5.69 Å². The maximum atomic E-state index is 4.23. The normalized spacial score (nSPS) is 10.9. The number of benzene rings is 1. The van der Waals surface area contributed by atoms with Crippen LogP contribution in [0.2, 0.25) is 0 Å². The SMILES string of the molecule is CCCC(CCC)Nc1ccc(-n2cccn2)cc1. The second-order valence-corrected chi connectivity index (χ2v) is 4.92. The molecule has 1 N–H and O–H groups in total. The number of rotatable bonds is 7. The highest BCUT2D eigenvalue weighted by Crippen LogP contribution is 2.16. The van der Waals surface area contributed by atoms with Crippen LogP contribution in [0.15, 0.2) is 42.7 Å². The summed E-state index contributed by atoms with van der Waals surface area (Å²) >= 11 is 0.